The molecule has 4 atom stereocenters. The molecule has 1 saturated heterocycles. The first-order valence-corrected chi connectivity index (χ1v) is 10.7. The van der Waals surface area contributed by atoms with E-state index in [0.29, 0.717) is 36.9 Å². The molecule has 0 radical (unpaired) electrons. The Hall–Kier alpha value is -3.13. The highest BCUT2D eigenvalue weighted by Crippen LogP contribution is 2.41. The summed E-state index contributed by atoms with van der Waals surface area (Å²) in [7, 11) is 0. The Morgan fingerprint density at radius 2 is 2.00 bits per heavy atom. The van der Waals surface area contributed by atoms with Crippen molar-refractivity contribution in [2.24, 2.45) is 11.8 Å². The zero-order valence-corrected chi connectivity index (χ0v) is 17.4. The van der Waals surface area contributed by atoms with Crippen LogP contribution in [0.1, 0.15) is 40.8 Å². The van der Waals surface area contributed by atoms with Gasteiger partial charge in [-0.2, -0.15) is 5.10 Å². The lowest BCUT2D eigenvalue weighted by molar-refractivity contribution is 0.0304. The van der Waals surface area contributed by atoms with E-state index < -0.39 is 6.10 Å². The highest BCUT2D eigenvalue weighted by Gasteiger charge is 2.44. The number of nitrogens with zero attached hydrogens (tertiary/aromatic N) is 4. The van der Waals surface area contributed by atoms with Crippen molar-refractivity contribution in [3.8, 4) is 5.75 Å². The molecular formula is C23H26N4O4. The number of aliphatic hydroxyl groups excluding tert-OH is 1. The standard InChI is InChI=1S/C23H26N4O4/c1-15-7-19(12-30-18-5-3-2-4-6-18)31-22(15)23(29)26-10-16-8-20(27-14-24-13-25-27)21(28)9-17(16)11-26/h2-7,13-14,16-17,20-21,28H,8-12H2,1H3/t16-,17+,20-,21-/m1/s1. The molecule has 1 aliphatic heterocycles. The molecule has 162 valence electrons. The summed E-state index contributed by atoms with van der Waals surface area (Å²) >= 11 is 0. The number of aryl methyl sites for hydroxylation is 1. The zero-order chi connectivity index (χ0) is 21.4. The maximum absolute atomic E-state index is 13.2. The number of furan rings is 1. The molecule has 1 aromatic carbocycles. The predicted octanol–water partition coefficient (Wildman–Crippen LogP) is 2.84. The predicted molar refractivity (Wildman–Crippen MR) is 111 cm³/mol. The summed E-state index contributed by atoms with van der Waals surface area (Å²) < 4.78 is 13.4. The molecule has 2 aliphatic rings. The Labute approximate surface area is 180 Å². The van der Waals surface area contributed by atoms with Gasteiger partial charge in [0.2, 0.25) is 0 Å². The summed E-state index contributed by atoms with van der Waals surface area (Å²) in [5.74, 6) is 2.28. The zero-order valence-electron chi connectivity index (χ0n) is 17.4. The van der Waals surface area contributed by atoms with Gasteiger partial charge < -0.3 is 19.2 Å². The van der Waals surface area contributed by atoms with Crippen molar-refractivity contribution in [1.29, 1.82) is 0 Å². The molecule has 8 heteroatoms. The van der Waals surface area contributed by atoms with Gasteiger partial charge in [-0.15, -0.1) is 0 Å². The van der Waals surface area contributed by atoms with E-state index in [9.17, 15) is 9.90 Å². The summed E-state index contributed by atoms with van der Waals surface area (Å²) in [6, 6.07) is 11.3. The van der Waals surface area contributed by atoms with Crippen molar-refractivity contribution in [2.45, 2.75) is 38.5 Å². The van der Waals surface area contributed by atoms with Gasteiger partial charge in [-0.3, -0.25) is 4.79 Å². The number of ether oxygens (including phenoxy) is 1. The summed E-state index contributed by atoms with van der Waals surface area (Å²) in [5, 5.41) is 14.8. The number of carbonyl (C=O) groups is 1. The average molecular weight is 422 g/mol. The van der Waals surface area contributed by atoms with E-state index in [2.05, 4.69) is 10.1 Å². The normalized spacial score (nSPS) is 25.4. The van der Waals surface area contributed by atoms with Gasteiger partial charge in [-0.05, 0) is 49.8 Å². The molecule has 1 amide bonds. The summed E-state index contributed by atoms with van der Waals surface area (Å²) in [5.41, 5.74) is 0.812. The molecule has 0 unspecified atom stereocenters. The van der Waals surface area contributed by atoms with E-state index in [4.69, 9.17) is 9.15 Å². The SMILES string of the molecule is Cc1cc(COc2ccccc2)oc1C(=O)N1C[C@H]2C[C@@H](n3cncn3)[C@H](O)C[C@H]2C1. The topological polar surface area (TPSA) is 93.6 Å². The molecule has 8 nitrogen and oxygen atoms in total. The van der Waals surface area contributed by atoms with E-state index in [1.807, 2.05) is 48.2 Å². The number of hydrogen-bond donors (Lipinski definition) is 1. The Kier molecular flexibility index (Phi) is 5.23. The Balaban J connectivity index is 1.24. The van der Waals surface area contributed by atoms with Crippen molar-refractivity contribution in [2.75, 3.05) is 13.1 Å². The highest BCUT2D eigenvalue weighted by molar-refractivity contribution is 5.93. The van der Waals surface area contributed by atoms with Gasteiger partial charge in [0, 0.05) is 18.7 Å². The van der Waals surface area contributed by atoms with Crippen molar-refractivity contribution in [1.82, 2.24) is 19.7 Å². The molecule has 1 aliphatic carbocycles. The first-order chi connectivity index (χ1) is 15.1. The van der Waals surface area contributed by atoms with E-state index >= 15 is 0 Å². The minimum atomic E-state index is -0.481. The van der Waals surface area contributed by atoms with Crippen molar-refractivity contribution in [3.63, 3.8) is 0 Å². The lowest BCUT2D eigenvalue weighted by Crippen LogP contribution is -2.36. The van der Waals surface area contributed by atoms with Crippen LogP contribution in [-0.4, -0.2) is 49.9 Å². The summed E-state index contributed by atoms with van der Waals surface area (Å²) in [6.07, 6.45) is 4.10. The van der Waals surface area contributed by atoms with E-state index in [1.54, 1.807) is 11.0 Å². The number of hydrogen-bond acceptors (Lipinski definition) is 6. The molecule has 0 bridgehead atoms. The quantitative estimate of drug-likeness (QED) is 0.680. The largest absolute Gasteiger partial charge is 0.486 e. The number of aromatic nitrogens is 3. The Bertz CT molecular complexity index is 1030. The smallest absolute Gasteiger partial charge is 0.289 e. The van der Waals surface area contributed by atoms with Crippen LogP contribution in [0.4, 0.5) is 0 Å². The number of benzene rings is 1. The maximum Gasteiger partial charge on any atom is 0.289 e. The van der Waals surface area contributed by atoms with Gasteiger partial charge in [-0.1, -0.05) is 18.2 Å². The highest BCUT2D eigenvalue weighted by atomic mass is 16.5. The van der Waals surface area contributed by atoms with Crippen LogP contribution in [0.25, 0.3) is 0 Å². The number of likely N-dealkylation sites (tertiary alicyclic amines) is 1. The fraction of sp³-hybridized carbons (Fsp3) is 0.435. The van der Waals surface area contributed by atoms with E-state index in [0.717, 1.165) is 17.7 Å². The Morgan fingerprint density at radius 3 is 2.74 bits per heavy atom. The fourth-order valence-corrected chi connectivity index (χ4v) is 4.89. The van der Waals surface area contributed by atoms with Gasteiger partial charge >= 0.3 is 0 Å². The number of amides is 1. The van der Waals surface area contributed by atoms with Gasteiger partial charge in [0.15, 0.2) is 5.76 Å². The van der Waals surface area contributed by atoms with Gasteiger partial charge in [0.1, 0.15) is 30.8 Å². The number of fused-ring (bicyclic) bond motifs is 1. The van der Waals surface area contributed by atoms with E-state index in [-0.39, 0.29) is 24.5 Å². The molecule has 31 heavy (non-hydrogen) atoms. The molecule has 1 saturated carbocycles. The van der Waals surface area contributed by atoms with Gasteiger partial charge in [-0.25, -0.2) is 9.67 Å². The van der Waals surface area contributed by atoms with Gasteiger partial charge in [0.25, 0.3) is 5.91 Å². The second kappa shape index (κ2) is 8.19. The molecule has 3 aromatic rings. The number of aliphatic hydroxyl groups is 1. The Morgan fingerprint density at radius 1 is 1.23 bits per heavy atom. The van der Waals surface area contributed by atoms with E-state index in [1.165, 1.54) is 6.33 Å². The van der Waals surface area contributed by atoms with Gasteiger partial charge in [0.05, 0.1) is 12.1 Å². The molecule has 2 fully saturated rings. The van der Waals surface area contributed by atoms with Crippen LogP contribution in [-0.2, 0) is 6.61 Å². The third kappa shape index (κ3) is 3.95. The number of carbonyl (C=O) groups excluding carboxylic acids is 1. The van der Waals surface area contributed by atoms with Crippen molar-refractivity contribution >= 4 is 5.91 Å². The molecule has 1 N–H and O–H groups in total. The number of para-hydroxylation sites is 1. The molecular weight excluding hydrogens is 396 g/mol. The first kappa shape index (κ1) is 19.8. The monoisotopic (exact) mass is 422 g/mol. The lowest BCUT2D eigenvalue weighted by atomic mass is 9.77. The second-order valence-electron chi connectivity index (χ2n) is 8.54. The third-order valence-electron chi connectivity index (χ3n) is 6.46. The summed E-state index contributed by atoms with van der Waals surface area (Å²) in [4.78, 5) is 19.1. The minimum absolute atomic E-state index is 0.0918. The lowest BCUT2D eigenvalue weighted by Gasteiger charge is -2.34. The van der Waals surface area contributed by atoms with Crippen LogP contribution >= 0.6 is 0 Å². The van der Waals surface area contributed by atoms with Crippen molar-refractivity contribution < 1.29 is 19.1 Å². The molecule has 2 aromatic heterocycles. The van der Waals surface area contributed by atoms with Crippen LogP contribution in [0.3, 0.4) is 0 Å². The summed E-state index contributed by atoms with van der Waals surface area (Å²) in [6.45, 7) is 3.46. The minimum Gasteiger partial charge on any atom is -0.486 e. The van der Waals surface area contributed by atoms with Crippen molar-refractivity contribution in [3.05, 3.63) is 66.1 Å². The second-order valence-corrected chi connectivity index (χ2v) is 8.54. The number of rotatable bonds is 5. The first-order valence-electron chi connectivity index (χ1n) is 10.7. The fourth-order valence-electron chi connectivity index (χ4n) is 4.89. The average Bonchev–Trinajstić information content (AvgIpc) is 3.51. The maximum atomic E-state index is 13.2. The van der Waals surface area contributed by atoms with Crippen LogP contribution in [0.15, 0.2) is 53.5 Å². The molecule has 0 spiro atoms. The van der Waals surface area contributed by atoms with Crippen LogP contribution in [0, 0.1) is 18.8 Å². The molecule has 3 heterocycles. The third-order valence-corrected chi connectivity index (χ3v) is 6.46. The molecule has 5 rings (SSSR count). The van der Waals surface area contributed by atoms with Crippen LogP contribution in [0.5, 0.6) is 5.75 Å². The van der Waals surface area contributed by atoms with Crippen LogP contribution in [0.2, 0.25) is 0 Å². The van der Waals surface area contributed by atoms with Crippen LogP contribution < -0.4 is 4.74 Å².